The molecule has 1 fully saturated rings. The average Bonchev–Trinajstić information content (AvgIpc) is 2.86. The van der Waals surface area contributed by atoms with Crippen molar-refractivity contribution in [1.82, 2.24) is 0 Å². The Kier molecular flexibility index (Phi) is 5.21. The molecule has 6 heteroatoms. The third-order valence-corrected chi connectivity index (χ3v) is 5.31. The number of hydrogen-bond acceptors (Lipinski definition) is 6. The van der Waals surface area contributed by atoms with E-state index in [2.05, 4.69) is 0 Å². The maximum atomic E-state index is 11.6. The summed E-state index contributed by atoms with van der Waals surface area (Å²) < 4.78 is 17.1. The summed E-state index contributed by atoms with van der Waals surface area (Å²) in [7, 11) is 0. The smallest absolute Gasteiger partial charge is 0.308 e. The van der Waals surface area contributed by atoms with E-state index in [9.17, 15) is 14.7 Å². The van der Waals surface area contributed by atoms with E-state index in [0.29, 0.717) is 25.0 Å². The summed E-state index contributed by atoms with van der Waals surface area (Å²) in [5.41, 5.74) is 3.54. The van der Waals surface area contributed by atoms with Gasteiger partial charge in [-0.3, -0.25) is 9.59 Å². The number of hydrogen-bond donors (Lipinski definition) is 1. The van der Waals surface area contributed by atoms with Crippen molar-refractivity contribution in [3.05, 3.63) is 22.3 Å². The maximum absolute atomic E-state index is 11.6. The van der Waals surface area contributed by atoms with E-state index in [1.807, 2.05) is 27.7 Å². The van der Waals surface area contributed by atoms with Crippen LogP contribution in [0.25, 0.3) is 0 Å². The molecule has 2 aliphatic rings. The zero-order chi connectivity index (χ0) is 19.9. The van der Waals surface area contributed by atoms with Crippen LogP contribution >= 0.6 is 0 Å². The van der Waals surface area contributed by atoms with E-state index in [1.165, 1.54) is 6.92 Å². The highest BCUT2D eigenvalue weighted by atomic mass is 16.5. The summed E-state index contributed by atoms with van der Waals surface area (Å²) in [5.74, 6) is 0.740. The molecule has 2 aliphatic heterocycles. The topological polar surface area (TPSA) is 82.1 Å². The molecule has 0 aliphatic carbocycles. The minimum Gasteiger partial charge on any atom is -0.487 e. The van der Waals surface area contributed by atoms with E-state index in [0.717, 1.165) is 34.4 Å². The first kappa shape index (κ1) is 19.7. The molecular weight excluding hydrogens is 348 g/mol. The Balaban J connectivity index is 1.93. The molecule has 6 nitrogen and oxygen atoms in total. The summed E-state index contributed by atoms with van der Waals surface area (Å²) in [6.07, 6.45) is 1.49. The third kappa shape index (κ3) is 4.10. The van der Waals surface area contributed by atoms with Crippen LogP contribution in [0.3, 0.4) is 0 Å². The highest BCUT2D eigenvalue weighted by Crippen LogP contribution is 2.46. The van der Waals surface area contributed by atoms with Crippen LogP contribution < -0.4 is 9.47 Å². The molecule has 1 aromatic rings. The quantitative estimate of drug-likeness (QED) is 0.643. The van der Waals surface area contributed by atoms with Crippen molar-refractivity contribution in [2.75, 3.05) is 0 Å². The van der Waals surface area contributed by atoms with Gasteiger partial charge in [-0.25, -0.2) is 0 Å². The molecule has 0 spiro atoms. The van der Waals surface area contributed by atoms with Gasteiger partial charge in [0.2, 0.25) is 0 Å². The first-order chi connectivity index (χ1) is 12.6. The van der Waals surface area contributed by atoms with Crippen molar-refractivity contribution >= 4 is 11.9 Å². The van der Waals surface area contributed by atoms with Crippen LogP contribution in [-0.2, 0) is 27.2 Å². The molecule has 1 N–H and O–H groups in total. The van der Waals surface area contributed by atoms with Crippen molar-refractivity contribution in [3.8, 4) is 11.5 Å². The third-order valence-electron chi connectivity index (χ3n) is 5.31. The fraction of sp³-hybridized carbons (Fsp3) is 0.619. The van der Waals surface area contributed by atoms with Gasteiger partial charge in [0.1, 0.15) is 23.2 Å². The maximum Gasteiger partial charge on any atom is 0.308 e. The largest absolute Gasteiger partial charge is 0.487 e. The first-order valence-corrected chi connectivity index (χ1v) is 9.47. The second-order valence-corrected chi connectivity index (χ2v) is 8.24. The molecule has 0 saturated carbocycles. The lowest BCUT2D eigenvalue weighted by Gasteiger charge is -2.27. The van der Waals surface area contributed by atoms with Gasteiger partial charge in [-0.2, -0.15) is 0 Å². The van der Waals surface area contributed by atoms with Gasteiger partial charge in [0.15, 0.2) is 0 Å². The van der Waals surface area contributed by atoms with Crippen LogP contribution in [0.2, 0.25) is 0 Å². The lowest BCUT2D eigenvalue weighted by Crippen LogP contribution is -2.32. The number of cyclic esters (lactones) is 1. The predicted molar refractivity (Wildman–Crippen MR) is 99.1 cm³/mol. The fourth-order valence-corrected chi connectivity index (χ4v) is 4.09. The molecule has 2 atom stereocenters. The van der Waals surface area contributed by atoms with Gasteiger partial charge in [-0.05, 0) is 51.7 Å². The fourth-order valence-electron chi connectivity index (χ4n) is 4.09. The summed E-state index contributed by atoms with van der Waals surface area (Å²) in [6.45, 7) is 9.36. The van der Waals surface area contributed by atoms with Gasteiger partial charge in [0.25, 0.3) is 0 Å². The highest BCUT2D eigenvalue weighted by molar-refractivity contribution is 5.72. The molecular formula is C21H28O6. The molecule has 0 bridgehead atoms. The number of esters is 2. The van der Waals surface area contributed by atoms with Crippen LogP contribution in [0.5, 0.6) is 11.5 Å². The Hall–Kier alpha value is -2.08. The van der Waals surface area contributed by atoms with Gasteiger partial charge >= 0.3 is 11.9 Å². The Labute approximate surface area is 159 Å². The van der Waals surface area contributed by atoms with E-state index >= 15 is 0 Å². The Morgan fingerprint density at radius 2 is 2.00 bits per heavy atom. The molecule has 27 heavy (non-hydrogen) atoms. The van der Waals surface area contributed by atoms with Crippen molar-refractivity contribution < 1.29 is 28.9 Å². The van der Waals surface area contributed by atoms with Crippen molar-refractivity contribution in [2.24, 2.45) is 0 Å². The van der Waals surface area contributed by atoms with Gasteiger partial charge in [-0.15, -0.1) is 0 Å². The van der Waals surface area contributed by atoms with Gasteiger partial charge in [-0.1, -0.05) is 0 Å². The molecule has 0 unspecified atom stereocenters. The molecule has 2 heterocycles. The van der Waals surface area contributed by atoms with Gasteiger partial charge < -0.3 is 19.3 Å². The number of fused-ring (bicyclic) bond motifs is 1. The molecule has 0 radical (unpaired) electrons. The zero-order valence-corrected chi connectivity index (χ0v) is 16.7. The summed E-state index contributed by atoms with van der Waals surface area (Å²) in [6, 6.07) is 0. The number of rotatable bonds is 4. The van der Waals surface area contributed by atoms with Gasteiger partial charge in [0.05, 0.1) is 12.5 Å². The second-order valence-electron chi connectivity index (χ2n) is 8.24. The normalized spacial score (nSPS) is 23.4. The van der Waals surface area contributed by atoms with Gasteiger partial charge in [0, 0.05) is 30.9 Å². The van der Waals surface area contributed by atoms with E-state index in [4.69, 9.17) is 14.2 Å². The monoisotopic (exact) mass is 376 g/mol. The summed E-state index contributed by atoms with van der Waals surface area (Å²) in [4.78, 5) is 23.2. The summed E-state index contributed by atoms with van der Waals surface area (Å²) in [5, 5.41) is 9.82. The van der Waals surface area contributed by atoms with Crippen molar-refractivity contribution in [1.29, 1.82) is 0 Å². The first-order valence-electron chi connectivity index (χ1n) is 9.47. The highest BCUT2D eigenvalue weighted by Gasteiger charge is 2.36. The second kappa shape index (κ2) is 7.15. The number of aliphatic hydroxyl groups excluding tert-OH is 1. The minimum atomic E-state index is -0.645. The molecule has 1 aromatic carbocycles. The molecule has 148 valence electrons. The van der Waals surface area contributed by atoms with Crippen LogP contribution in [0, 0.1) is 13.8 Å². The van der Waals surface area contributed by atoms with Crippen molar-refractivity contribution in [2.45, 2.75) is 84.5 Å². The zero-order valence-electron chi connectivity index (χ0n) is 16.7. The average molecular weight is 376 g/mol. The molecule has 3 rings (SSSR count). The SMILES string of the molecule is CC(=O)Oc1c(C)c(CC[C@H]2C[C@H](O)CC(=O)O2)c2c(c1C)CC(C)(C)O2. The van der Waals surface area contributed by atoms with Crippen LogP contribution in [0.1, 0.15) is 62.3 Å². The number of ether oxygens (including phenoxy) is 3. The molecule has 0 aromatic heterocycles. The Morgan fingerprint density at radius 3 is 2.63 bits per heavy atom. The lowest BCUT2D eigenvalue weighted by molar-refractivity contribution is -0.160. The minimum absolute atomic E-state index is 0.0589. The molecule has 0 amide bonds. The van der Waals surface area contributed by atoms with Crippen molar-refractivity contribution in [3.63, 3.8) is 0 Å². The summed E-state index contributed by atoms with van der Waals surface area (Å²) >= 11 is 0. The molecule has 1 saturated heterocycles. The Morgan fingerprint density at radius 1 is 1.30 bits per heavy atom. The van der Waals surface area contributed by atoms with Crippen LogP contribution in [-0.4, -0.2) is 34.9 Å². The number of benzene rings is 1. The van der Waals surface area contributed by atoms with Crippen LogP contribution in [0.15, 0.2) is 0 Å². The number of carbonyl (C=O) groups excluding carboxylic acids is 2. The van der Waals surface area contributed by atoms with E-state index < -0.39 is 6.10 Å². The lowest BCUT2D eigenvalue weighted by atomic mass is 9.90. The number of aliphatic hydroxyl groups is 1. The van der Waals surface area contributed by atoms with E-state index in [1.54, 1.807) is 0 Å². The number of carbonyl (C=O) groups is 2. The standard InChI is InChI=1S/C21H28O6/c1-11-16(7-6-15-8-14(23)9-18(24)26-15)20-17(10-21(4,5)27-20)12(2)19(11)25-13(3)22/h14-15,23H,6-10H2,1-5H3/t14-,15-/m0/s1. The predicted octanol–water partition coefficient (Wildman–Crippen LogP) is 2.94. The Bertz CT molecular complexity index is 780. The van der Waals surface area contributed by atoms with Crippen LogP contribution in [0.4, 0.5) is 0 Å². The van der Waals surface area contributed by atoms with E-state index in [-0.39, 0.29) is 30.1 Å².